The highest BCUT2D eigenvalue weighted by Gasteiger charge is 2.22. The fourth-order valence-corrected chi connectivity index (χ4v) is 5.35. The summed E-state index contributed by atoms with van der Waals surface area (Å²) in [4.78, 5) is 42.7. The number of aryl methyl sites for hydroxylation is 2. The molecule has 7 nitrogen and oxygen atoms in total. The Labute approximate surface area is 169 Å². The SMILES string of the molecule is Cn1c(SCC(=O)Nc2ccc(C(N)=O)cc2)nc2sc3c(c2c1=O)CCC3. The third-order valence-electron chi connectivity index (χ3n) is 4.69. The summed E-state index contributed by atoms with van der Waals surface area (Å²) >= 11 is 2.81. The van der Waals surface area contributed by atoms with Crippen molar-refractivity contribution in [3.05, 3.63) is 50.6 Å². The van der Waals surface area contributed by atoms with Gasteiger partial charge in [-0.25, -0.2) is 4.98 Å². The lowest BCUT2D eigenvalue weighted by molar-refractivity contribution is -0.113. The van der Waals surface area contributed by atoms with Gasteiger partial charge in [-0.3, -0.25) is 19.0 Å². The number of aromatic nitrogens is 2. The van der Waals surface area contributed by atoms with E-state index in [1.54, 1.807) is 42.6 Å². The number of anilines is 1. The number of thiophene rings is 1. The highest BCUT2D eigenvalue weighted by Crippen LogP contribution is 2.35. The molecule has 2 heterocycles. The van der Waals surface area contributed by atoms with Gasteiger partial charge in [0.25, 0.3) is 5.56 Å². The van der Waals surface area contributed by atoms with Crippen LogP contribution in [0, 0.1) is 0 Å². The van der Waals surface area contributed by atoms with Gasteiger partial charge in [-0.15, -0.1) is 11.3 Å². The van der Waals surface area contributed by atoms with Crippen LogP contribution in [0.5, 0.6) is 0 Å². The van der Waals surface area contributed by atoms with Crippen molar-refractivity contribution in [2.24, 2.45) is 12.8 Å². The third-order valence-corrected chi connectivity index (χ3v) is 6.91. The molecule has 0 aliphatic heterocycles. The molecule has 0 unspecified atom stereocenters. The first kappa shape index (κ1) is 18.7. The molecular weight excluding hydrogens is 396 g/mol. The predicted molar refractivity (Wildman–Crippen MR) is 111 cm³/mol. The number of hydrogen-bond donors (Lipinski definition) is 2. The molecule has 0 radical (unpaired) electrons. The van der Waals surface area contributed by atoms with Crippen molar-refractivity contribution in [2.45, 2.75) is 24.4 Å². The largest absolute Gasteiger partial charge is 0.366 e. The van der Waals surface area contributed by atoms with Crippen molar-refractivity contribution in [3.8, 4) is 0 Å². The van der Waals surface area contributed by atoms with Gasteiger partial charge in [-0.1, -0.05) is 11.8 Å². The van der Waals surface area contributed by atoms with Crippen molar-refractivity contribution < 1.29 is 9.59 Å². The molecular formula is C19H18N4O3S2. The molecule has 1 aromatic carbocycles. The number of carbonyl (C=O) groups is 2. The van der Waals surface area contributed by atoms with Crippen molar-refractivity contribution in [1.29, 1.82) is 0 Å². The summed E-state index contributed by atoms with van der Waals surface area (Å²) in [6.07, 6.45) is 3.05. The van der Waals surface area contributed by atoms with Crippen LogP contribution in [-0.2, 0) is 24.7 Å². The van der Waals surface area contributed by atoms with Gasteiger partial charge in [-0.05, 0) is 49.1 Å². The van der Waals surface area contributed by atoms with E-state index < -0.39 is 5.91 Å². The molecule has 0 spiro atoms. The number of carbonyl (C=O) groups excluding carboxylic acids is 2. The van der Waals surface area contributed by atoms with Gasteiger partial charge in [0.05, 0.1) is 11.1 Å². The molecule has 2 aromatic heterocycles. The summed E-state index contributed by atoms with van der Waals surface area (Å²) in [5.74, 6) is -0.621. The molecule has 1 aliphatic carbocycles. The molecule has 0 saturated carbocycles. The molecule has 28 heavy (non-hydrogen) atoms. The summed E-state index contributed by atoms with van der Waals surface area (Å²) in [6.45, 7) is 0. The summed E-state index contributed by atoms with van der Waals surface area (Å²) in [5, 5.41) is 4.02. The Kier molecular flexibility index (Phi) is 4.94. The molecule has 0 saturated heterocycles. The monoisotopic (exact) mass is 414 g/mol. The van der Waals surface area contributed by atoms with Crippen LogP contribution in [0.3, 0.4) is 0 Å². The second-order valence-electron chi connectivity index (χ2n) is 6.57. The number of nitrogens with zero attached hydrogens (tertiary/aromatic N) is 2. The van der Waals surface area contributed by atoms with Crippen LogP contribution in [0.25, 0.3) is 10.2 Å². The molecule has 0 bridgehead atoms. The standard InChI is InChI=1S/C19H18N4O3S2/c1-23-18(26)15-12-3-2-4-13(12)28-17(15)22-19(23)27-9-14(24)21-11-7-5-10(6-8-11)16(20)25/h5-8H,2-4,9H2,1H3,(H2,20,25)(H,21,24). The maximum atomic E-state index is 12.8. The van der Waals surface area contributed by atoms with Crippen molar-refractivity contribution in [3.63, 3.8) is 0 Å². The van der Waals surface area contributed by atoms with E-state index in [0.717, 1.165) is 35.0 Å². The summed E-state index contributed by atoms with van der Waals surface area (Å²) in [6, 6.07) is 6.35. The summed E-state index contributed by atoms with van der Waals surface area (Å²) < 4.78 is 1.52. The van der Waals surface area contributed by atoms with Crippen molar-refractivity contribution in [1.82, 2.24) is 9.55 Å². The quantitative estimate of drug-likeness (QED) is 0.492. The number of fused-ring (bicyclic) bond motifs is 3. The fourth-order valence-electron chi connectivity index (χ4n) is 3.28. The smallest absolute Gasteiger partial charge is 0.262 e. The summed E-state index contributed by atoms with van der Waals surface area (Å²) in [7, 11) is 1.69. The number of amides is 2. The van der Waals surface area contributed by atoms with E-state index >= 15 is 0 Å². The minimum atomic E-state index is -0.518. The number of nitrogens with one attached hydrogen (secondary N) is 1. The van der Waals surface area contributed by atoms with Crippen LogP contribution in [0.4, 0.5) is 5.69 Å². The Morgan fingerprint density at radius 3 is 2.75 bits per heavy atom. The second-order valence-corrected chi connectivity index (χ2v) is 8.60. The van der Waals surface area contributed by atoms with Crippen LogP contribution in [-0.4, -0.2) is 27.1 Å². The predicted octanol–water partition coefficient (Wildman–Crippen LogP) is 2.31. The van der Waals surface area contributed by atoms with Crippen LogP contribution >= 0.6 is 23.1 Å². The number of hydrogen-bond acceptors (Lipinski definition) is 6. The zero-order valence-corrected chi connectivity index (χ0v) is 16.8. The molecule has 4 rings (SSSR count). The normalized spacial score (nSPS) is 12.9. The highest BCUT2D eigenvalue weighted by atomic mass is 32.2. The van der Waals surface area contributed by atoms with Crippen LogP contribution in [0.15, 0.2) is 34.2 Å². The lowest BCUT2D eigenvalue weighted by atomic mass is 10.2. The van der Waals surface area contributed by atoms with Crippen LogP contribution in [0.1, 0.15) is 27.2 Å². The van der Waals surface area contributed by atoms with Gasteiger partial charge >= 0.3 is 0 Å². The molecule has 3 aromatic rings. The molecule has 2 amide bonds. The van der Waals surface area contributed by atoms with Gasteiger partial charge in [0.15, 0.2) is 5.16 Å². The number of nitrogens with two attached hydrogens (primary N) is 1. The number of thioether (sulfide) groups is 1. The Morgan fingerprint density at radius 1 is 1.29 bits per heavy atom. The Balaban J connectivity index is 1.48. The molecule has 0 fully saturated rings. The first-order valence-electron chi connectivity index (χ1n) is 8.78. The topological polar surface area (TPSA) is 107 Å². The van der Waals surface area contributed by atoms with Crippen LogP contribution < -0.4 is 16.6 Å². The number of benzene rings is 1. The van der Waals surface area contributed by atoms with Crippen molar-refractivity contribution >= 4 is 50.8 Å². The van der Waals surface area contributed by atoms with E-state index in [0.29, 0.717) is 16.4 Å². The molecule has 0 atom stereocenters. The molecule has 144 valence electrons. The van der Waals surface area contributed by atoms with E-state index in [9.17, 15) is 14.4 Å². The first-order chi connectivity index (χ1) is 13.4. The summed E-state index contributed by atoms with van der Waals surface area (Å²) in [5.41, 5.74) is 7.26. The average Bonchev–Trinajstić information content (AvgIpc) is 3.24. The van der Waals surface area contributed by atoms with Gasteiger partial charge in [0, 0.05) is 23.2 Å². The number of primary amides is 1. The van der Waals surface area contributed by atoms with Gasteiger partial charge < -0.3 is 11.1 Å². The first-order valence-corrected chi connectivity index (χ1v) is 10.6. The second kappa shape index (κ2) is 7.40. The zero-order chi connectivity index (χ0) is 19.8. The van der Waals surface area contributed by atoms with Crippen LogP contribution in [0.2, 0.25) is 0 Å². The maximum Gasteiger partial charge on any atom is 0.262 e. The minimum absolute atomic E-state index is 0.0469. The van der Waals surface area contributed by atoms with E-state index in [4.69, 9.17) is 5.73 Å². The minimum Gasteiger partial charge on any atom is -0.366 e. The Morgan fingerprint density at radius 2 is 2.04 bits per heavy atom. The van der Waals surface area contributed by atoms with E-state index in [1.165, 1.54) is 21.2 Å². The zero-order valence-electron chi connectivity index (χ0n) is 15.2. The van der Waals surface area contributed by atoms with Gasteiger partial charge in [0.1, 0.15) is 4.83 Å². The Bertz CT molecular complexity index is 1150. The average molecular weight is 415 g/mol. The third kappa shape index (κ3) is 3.43. The van der Waals surface area contributed by atoms with Gasteiger partial charge in [-0.2, -0.15) is 0 Å². The van der Waals surface area contributed by atoms with Crippen molar-refractivity contribution in [2.75, 3.05) is 11.1 Å². The highest BCUT2D eigenvalue weighted by molar-refractivity contribution is 7.99. The molecule has 1 aliphatic rings. The Hall–Kier alpha value is -2.65. The van der Waals surface area contributed by atoms with E-state index in [-0.39, 0.29) is 17.2 Å². The maximum absolute atomic E-state index is 12.8. The number of rotatable bonds is 5. The molecule has 9 heteroatoms. The van der Waals surface area contributed by atoms with E-state index in [1.807, 2.05) is 0 Å². The lowest BCUT2D eigenvalue weighted by Crippen LogP contribution is -2.21. The lowest BCUT2D eigenvalue weighted by Gasteiger charge is -2.08. The molecule has 3 N–H and O–H groups in total. The van der Waals surface area contributed by atoms with E-state index in [2.05, 4.69) is 10.3 Å². The van der Waals surface area contributed by atoms with Gasteiger partial charge in [0.2, 0.25) is 11.8 Å². The fraction of sp³-hybridized carbons (Fsp3) is 0.263.